The highest BCUT2D eigenvalue weighted by Gasteiger charge is 2.14. The molecule has 0 aromatic heterocycles. The summed E-state index contributed by atoms with van der Waals surface area (Å²) in [5.74, 6) is 2.27. The highest BCUT2D eigenvalue weighted by molar-refractivity contribution is 5.48. The second kappa shape index (κ2) is 5.56. The van der Waals surface area contributed by atoms with E-state index in [0.717, 1.165) is 22.8 Å². The van der Waals surface area contributed by atoms with E-state index in [4.69, 9.17) is 15.2 Å². The molecule has 3 nitrogen and oxygen atoms in total. The topological polar surface area (TPSA) is 44.5 Å². The van der Waals surface area contributed by atoms with Gasteiger partial charge in [0.05, 0.1) is 12.7 Å². The van der Waals surface area contributed by atoms with Crippen molar-refractivity contribution in [1.29, 1.82) is 0 Å². The Hall–Kier alpha value is -2.00. The second-order valence-corrected chi connectivity index (χ2v) is 4.08. The highest BCUT2D eigenvalue weighted by atomic mass is 16.5. The minimum atomic E-state index is -0.153. The fourth-order valence-electron chi connectivity index (χ4n) is 1.86. The van der Waals surface area contributed by atoms with Gasteiger partial charge in [0, 0.05) is 6.04 Å². The van der Waals surface area contributed by atoms with Crippen LogP contribution in [-0.2, 0) is 0 Å². The molecule has 0 heterocycles. The number of benzene rings is 2. The van der Waals surface area contributed by atoms with Crippen LogP contribution in [0.5, 0.6) is 17.2 Å². The number of hydrogen-bond donors (Lipinski definition) is 1. The summed E-state index contributed by atoms with van der Waals surface area (Å²) in [4.78, 5) is 0. The number of rotatable bonds is 4. The van der Waals surface area contributed by atoms with Crippen LogP contribution in [0.4, 0.5) is 0 Å². The van der Waals surface area contributed by atoms with Crippen LogP contribution in [-0.4, -0.2) is 7.11 Å². The Balaban J connectivity index is 2.38. The second-order valence-electron chi connectivity index (χ2n) is 4.08. The van der Waals surface area contributed by atoms with E-state index in [0.29, 0.717) is 0 Å². The smallest absolute Gasteiger partial charge is 0.135 e. The Kier molecular flexibility index (Phi) is 3.85. The van der Waals surface area contributed by atoms with Gasteiger partial charge in [0.1, 0.15) is 17.2 Å². The molecule has 0 bridgehead atoms. The zero-order valence-corrected chi connectivity index (χ0v) is 10.6. The van der Waals surface area contributed by atoms with Crippen molar-refractivity contribution in [3.8, 4) is 17.2 Å². The Morgan fingerprint density at radius 1 is 0.944 bits per heavy atom. The van der Waals surface area contributed by atoms with Crippen LogP contribution >= 0.6 is 0 Å². The maximum Gasteiger partial charge on any atom is 0.135 e. The molecule has 0 amide bonds. The van der Waals surface area contributed by atoms with E-state index < -0.39 is 0 Å². The SMILES string of the molecule is COc1cccc(Oc2ccccc2)c1[C@@H](C)N. The molecule has 1 atom stereocenters. The molecule has 18 heavy (non-hydrogen) atoms. The first-order valence-electron chi connectivity index (χ1n) is 5.87. The lowest BCUT2D eigenvalue weighted by atomic mass is 10.1. The number of para-hydroxylation sites is 1. The van der Waals surface area contributed by atoms with E-state index in [1.807, 2.05) is 55.5 Å². The summed E-state index contributed by atoms with van der Waals surface area (Å²) in [5, 5.41) is 0. The molecule has 0 unspecified atom stereocenters. The molecule has 2 aromatic carbocycles. The quantitative estimate of drug-likeness (QED) is 0.893. The molecule has 0 fully saturated rings. The summed E-state index contributed by atoms with van der Waals surface area (Å²) in [5.41, 5.74) is 6.86. The van der Waals surface area contributed by atoms with Crippen molar-refractivity contribution >= 4 is 0 Å². The summed E-state index contributed by atoms with van der Waals surface area (Å²) < 4.78 is 11.2. The Morgan fingerprint density at radius 2 is 1.61 bits per heavy atom. The van der Waals surface area contributed by atoms with Gasteiger partial charge in [0.2, 0.25) is 0 Å². The van der Waals surface area contributed by atoms with Crippen LogP contribution in [0.15, 0.2) is 48.5 Å². The lowest BCUT2D eigenvalue weighted by molar-refractivity contribution is 0.397. The van der Waals surface area contributed by atoms with Crippen molar-refractivity contribution in [3.05, 3.63) is 54.1 Å². The monoisotopic (exact) mass is 243 g/mol. The predicted molar refractivity (Wildman–Crippen MR) is 72.1 cm³/mol. The molecular formula is C15H17NO2. The van der Waals surface area contributed by atoms with E-state index in [-0.39, 0.29) is 6.04 Å². The van der Waals surface area contributed by atoms with Crippen molar-refractivity contribution in [2.75, 3.05) is 7.11 Å². The van der Waals surface area contributed by atoms with Crippen molar-refractivity contribution in [3.63, 3.8) is 0 Å². The molecule has 94 valence electrons. The van der Waals surface area contributed by atoms with E-state index in [1.165, 1.54) is 0 Å². The van der Waals surface area contributed by atoms with Gasteiger partial charge in [-0.25, -0.2) is 0 Å². The Labute approximate surface area is 107 Å². The lowest BCUT2D eigenvalue weighted by Crippen LogP contribution is -2.08. The molecule has 2 rings (SSSR count). The highest BCUT2D eigenvalue weighted by Crippen LogP contribution is 2.35. The zero-order valence-electron chi connectivity index (χ0n) is 10.6. The third-order valence-corrected chi connectivity index (χ3v) is 2.67. The molecule has 2 aromatic rings. The zero-order chi connectivity index (χ0) is 13.0. The number of methoxy groups -OCH3 is 1. The molecule has 3 heteroatoms. The summed E-state index contributed by atoms with van der Waals surface area (Å²) in [6.45, 7) is 1.91. The molecule has 0 spiro atoms. The van der Waals surface area contributed by atoms with Crippen molar-refractivity contribution in [2.24, 2.45) is 5.73 Å². The molecule has 0 radical (unpaired) electrons. The normalized spacial score (nSPS) is 11.9. The molecule has 2 N–H and O–H groups in total. The number of nitrogens with two attached hydrogens (primary N) is 1. The lowest BCUT2D eigenvalue weighted by Gasteiger charge is -2.17. The van der Waals surface area contributed by atoms with Gasteiger partial charge >= 0.3 is 0 Å². The average Bonchev–Trinajstić information content (AvgIpc) is 2.39. The minimum absolute atomic E-state index is 0.153. The van der Waals surface area contributed by atoms with E-state index in [1.54, 1.807) is 7.11 Å². The minimum Gasteiger partial charge on any atom is -0.496 e. The first-order chi connectivity index (χ1) is 8.72. The van der Waals surface area contributed by atoms with Crippen molar-refractivity contribution in [1.82, 2.24) is 0 Å². The van der Waals surface area contributed by atoms with Crippen LogP contribution < -0.4 is 15.2 Å². The summed E-state index contributed by atoms with van der Waals surface area (Å²) in [6.07, 6.45) is 0. The van der Waals surface area contributed by atoms with Gasteiger partial charge in [-0.15, -0.1) is 0 Å². The molecule has 0 saturated heterocycles. The number of hydrogen-bond acceptors (Lipinski definition) is 3. The largest absolute Gasteiger partial charge is 0.496 e. The summed E-state index contributed by atoms with van der Waals surface area (Å²) in [7, 11) is 1.63. The fourth-order valence-corrected chi connectivity index (χ4v) is 1.86. The maximum atomic E-state index is 5.98. The maximum absolute atomic E-state index is 5.98. The molecule has 0 aliphatic rings. The standard InChI is InChI=1S/C15H17NO2/c1-11(16)15-13(17-2)9-6-10-14(15)18-12-7-4-3-5-8-12/h3-11H,16H2,1-2H3/t11-/m1/s1. The molecular weight excluding hydrogens is 226 g/mol. The van der Waals surface area contributed by atoms with Gasteiger partial charge < -0.3 is 15.2 Å². The van der Waals surface area contributed by atoms with E-state index >= 15 is 0 Å². The Morgan fingerprint density at radius 3 is 2.22 bits per heavy atom. The van der Waals surface area contributed by atoms with Gasteiger partial charge in [0.15, 0.2) is 0 Å². The van der Waals surface area contributed by atoms with Gasteiger partial charge in [-0.3, -0.25) is 0 Å². The average molecular weight is 243 g/mol. The van der Waals surface area contributed by atoms with E-state index in [2.05, 4.69) is 0 Å². The summed E-state index contributed by atoms with van der Waals surface area (Å²) >= 11 is 0. The van der Waals surface area contributed by atoms with Gasteiger partial charge in [0.25, 0.3) is 0 Å². The molecule has 0 aliphatic heterocycles. The van der Waals surface area contributed by atoms with Crippen LogP contribution in [0.3, 0.4) is 0 Å². The van der Waals surface area contributed by atoms with Gasteiger partial charge in [-0.1, -0.05) is 24.3 Å². The third-order valence-electron chi connectivity index (χ3n) is 2.67. The third kappa shape index (κ3) is 2.63. The predicted octanol–water partition coefficient (Wildman–Crippen LogP) is 3.51. The van der Waals surface area contributed by atoms with Gasteiger partial charge in [-0.2, -0.15) is 0 Å². The van der Waals surface area contributed by atoms with Crippen LogP contribution in [0.25, 0.3) is 0 Å². The van der Waals surface area contributed by atoms with Crippen molar-refractivity contribution < 1.29 is 9.47 Å². The van der Waals surface area contributed by atoms with Crippen LogP contribution in [0, 0.1) is 0 Å². The first-order valence-corrected chi connectivity index (χ1v) is 5.87. The number of ether oxygens (including phenoxy) is 2. The van der Waals surface area contributed by atoms with E-state index in [9.17, 15) is 0 Å². The first kappa shape index (κ1) is 12.5. The van der Waals surface area contributed by atoms with Gasteiger partial charge in [-0.05, 0) is 31.2 Å². The Bertz CT molecular complexity index is 509. The van der Waals surface area contributed by atoms with Crippen LogP contribution in [0.1, 0.15) is 18.5 Å². The molecule has 0 aliphatic carbocycles. The molecule has 0 saturated carbocycles. The summed E-state index contributed by atoms with van der Waals surface area (Å²) in [6, 6.07) is 15.1. The van der Waals surface area contributed by atoms with Crippen molar-refractivity contribution in [2.45, 2.75) is 13.0 Å². The van der Waals surface area contributed by atoms with Crippen LogP contribution in [0.2, 0.25) is 0 Å². The fraction of sp³-hybridized carbons (Fsp3) is 0.200.